The lowest BCUT2D eigenvalue weighted by Gasteiger charge is -2.38. The molecule has 1 heterocycles. The maximum Gasteiger partial charge on any atom is 0.0307 e. The smallest absolute Gasteiger partial charge is 0.0307 e. The van der Waals surface area contributed by atoms with Crippen LogP contribution in [0.5, 0.6) is 0 Å². The highest BCUT2D eigenvalue weighted by Crippen LogP contribution is 2.17. The Morgan fingerprint density at radius 3 is 2.58 bits per heavy atom. The second kappa shape index (κ2) is 6.51. The Kier molecular flexibility index (Phi) is 4.97. The molecule has 2 N–H and O–H groups in total. The van der Waals surface area contributed by atoms with Gasteiger partial charge in [0, 0.05) is 38.3 Å². The van der Waals surface area contributed by atoms with Crippen LogP contribution in [0.15, 0.2) is 24.3 Å². The molecular formula is C16H27N3. The van der Waals surface area contributed by atoms with Crippen LogP contribution in [-0.2, 0) is 0 Å². The Bertz CT molecular complexity index is 387. The molecule has 19 heavy (non-hydrogen) atoms. The molecule has 2 atom stereocenters. The fraction of sp³-hybridized carbons (Fsp3) is 0.625. The molecule has 1 aromatic carbocycles. The van der Waals surface area contributed by atoms with Crippen LogP contribution in [0.3, 0.4) is 0 Å². The van der Waals surface area contributed by atoms with Gasteiger partial charge < -0.3 is 10.6 Å². The second-order valence-corrected chi connectivity index (χ2v) is 5.95. The van der Waals surface area contributed by atoms with Gasteiger partial charge in [-0.1, -0.05) is 29.8 Å². The monoisotopic (exact) mass is 261 g/mol. The van der Waals surface area contributed by atoms with Crippen LogP contribution in [0, 0.1) is 6.92 Å². The highest BCUT2D eigenvalue weighted by atomic mass is 15.3. The molecular weight excluding hydrogens is 234 g/mol. The molecule has 0 aromatic heterocycles. The van der Waals surface area contributed by atoms with Crippen molar-refractivity contribution in [2.45, 2.75) is 32.4 Å². The average Bonchev–Trinajstić information content (AvgIpc) is 2.38. The van der Waals surface area contributed by atoms with Crippen molar-refractivity contribution in [2.75, 3.05) is 33.2 Å². The van der Waals surface area contributed by atoms with E-state index in [1.807, 2.05) is 0 Å². The summed E-state index contributed by atoms with van der Waals surface area (Å²) < 4.78 is 0. The summed E-state index contributed by atoms with van der Waals surface area (Å²) in [6.45, 7) is 9.03. The molecule has 2 rings (SSSR count). The zero-order valence-electron chi connectivity index (χ0n) is 12.5. The number of rotatable bonds is 4. The van der Waals surface area contributed by atoms with E-state index >= 15 is 0 Å². The summed E-state index contributed by atoms with van der Waals surface area (Å²) in [7, 11) is 2.20. The van der Waals surface area contributed by atoms with Crippen molar-refractivity contribution in [1.82, 2.24) is 9.80 Å². The SMILES string of the molecule is Cc1ccc(C(N)CCN2CCN(C)CC2C)cc1. The van der Waals surface area contributed by atoms with Gasteiger partial charge in [0.1, 0.15) is 0 Å². The minimum Gasteiger partial charge on any atom is -0.324 e. The number of nitrogens with two attached hydrogens (primary N) is 1. The first-order valence-corrected chi connectivity index (χ1v) is 7.31. The van der Waals surface area contributed by atoms with Gasteiger partial charge in [-0.15, -0.1) is 0 Å². The van der Waals surface area contributed by atoms with E-state index in [4.69, 9.17) is 5.73 Å². The Morgan fingerprint density at radius 1 is 1.26 bits per heavy atom. The molecule has 2 unspecified atom stereocenters. The predicted molar refractivity (Wildman–Crippen MR) is 81.3 cm³/mol. The number of piperazine rings is 1. The Morgan fingerprint density at radius 2 is 1.95 bits per heavy atom. The lowest BCUT2D eigenvalue weighted by Crippen LogP contribution is -2.50. The van der Waals surface area contributed by atoms with Crippen LogP contribution in [-0.4, -0.2) is 49.1 Å². The molecule has 1 saturated heterocycles. The van der Waals surface area contributed by atoms with E-state index in [1.54, 1.807) is 0 Å². The molecule has 1 aliphatic rings. The minimum atomic E-state index is 0.160. The van der Waals surface area contributed by atoms with Gasteiger partial charge in [-0.25, -0.2) is 0 Å². The summed E-state index contributed by atoms with van der Waals surface area (Å²) in [5.74, 6) is 0. The van der Waals surface area contributed by atoms with E-state index in [0.717, 1.165) is 19.5 Å². The minimum absolute atomic E-state index is 0.160. The van der Waals surface area contributed by atoms with Gasteiger partial charge in [-0.3, -0.25) is 4.90 Å². The zero-order chi connectivity index (χ0) is 13.8. The average molecular weight is 261 g/mol. The number of hydrogen-bond donors (Lipinski definition) is 1. The van der Waals surface area contributed by atoms with Crippen LogP contribution in [0.1, 0.15) is 30.5 Å². The zero-order valence-corrected chi connectivity index (χ0v) is 12.5. The fourth-order valence-corrected chi connectivity index (χ4v) is 2.79. The molecule has 106 valence electrons. The number of nitrogens with zero attached hydrogens (tertiary/aromatic N) is 2. The Balaban J connectivity index is 1.83. The summed E-state index contributed by atoms with van der Waals surface area (Å²) in [6, 6.07) is 9.42. The highest BCUT2D eigenvalue weighted by Gasteiger charge is 2.21. The van der Waals surface area contributed by atoms with Gasteiger partial charge in [-0.05, 0) is 32.9 Å². The summed E-state index contributed by atoms with van der Waals surface area (Å²) in [5.41, 5.74) is 8.85. The maximum absolute atomic E-state index is 6.30. The normalized spacial score (nSPS) is 23.5. The second-order valence-electron chi connectivity index (χ2n) is 5.95. The highest BCUT2D eigenvalue weighted by molar-refractivity contribution is 5.23. The predicted octanol–water partition coefficient (Wildman–Crippen LogP) is 2.02. The third-order valence-electron chi connectivity index (χ3n) is 4.20. The van der Waals surface area contributed by atoms with Crippen LogP contribution in [0.2, 0.25) is 0 Å². The molecule has 0 radical (unpaired) electrons. The number of aryl methyl sites for hydroxylation is 1. The van der Waals surface area contributed by atoms with E-state index in [-0.39, 0.29) is 6.04 Å². The standard InChI is InChI=1S/C16H27N3/c1-13-4-6-15(7-5-13)16(17)8-9-19-11-10-18(3)12-14(19)2/h4-7,14,16H,8-12,17H2,1-3H3. The Hall–Kier alpha value is -0.900. The molecule has 3 heteroatoms. The molecule has 0 bridgehead atoms. The van der Waals surface area contributed by atoms with Crippen molar-refractivity contribution in [3.8, 4) is 0 Å². The van der Waals surface area contributed by atoms with Gasteiger partial charge in [-0.2, -0.15) is 0 Å². The van der Waals surface area contributed by atoms with Gasteiger partial charge >= 0.3 is 0 Å². The number of benzene rings is 1. The van der Waals surface area contributed by atoms with E-state index in [0.29, 0.717) is 6.04 Å². The summed E-state index contributed by atoms with van der Waals surface area (Å²) >= 11 is 0. The molecule has 0 spiro atoms. The number of hydrogen-bond acceptors (Lipinski definition) is 3. The van der Waals surface area contributed by atoms with E-state index in [9.17, 15) is 0 Å². The van der Waals surface area contributed by atoms with E-state index in [2.05, 4.69) is 55.0 Å². The summed E-state index contributed by atoms with van der Waals surface area (Å²) in [6.07, 6.45) is 1.04. The van der Waals surface area contributed by atoms with Crippen LogP contribution in [0.25, 0.3) is 0 Å². The van der Waals surface area contributed by atoms with Crippen molar-refractivity contribution >= 4 is 0 Å². The first-order valence-electron chi connectivity index (χ1n) is 7.31. The molecule has 0 aliphatic carbocycles. The first kappa shape index (κ1) is 14.5. The Labute approximate surface area is 117 Å². The lowest BCUT2D eigenvalue weighted by atomic mass is 10.0. The van der Waals surface area contributed by atoms with Crippen molar-refractivity contribution in [1.29, 1.82) is 0 Å². The van der Waals surface area contributed by atoms with Crippen molar-refractivity contribution < 1.29 is 0 Å². The number of likely N-dealkylation sites (N-methyl/N-ethyl adjacent to an activating group) is 1. The van der Waals surface area contributed by atoms with Gasteiger partial charge in [0.15, 0.2) is 0 Å². The summed E-state index contributed by atoms with van der Waals surface area (Å²) in [5, 5.41) is 0. The quantitative estimate of drug-likeness (QED) is 0.900. The van der Waals surface area contributed by atoms with Crippen LogP contribution < -0.4 is 5.73 Å². The molecule has 0 amide bonds. The third kappa shape index (κ3) is 4.03. The molecule has 0 saturated carbocycles. The van der Waals surface area contributed by atoms with Crippen molar-refractivity contribution in [2.24, 2.45) is 5.73 Å². The van der Waals surface area contributed by atoms with Gasteiger partial charge in [0.25, 0.3) is 0 Å². The summed E-state index contributed by atoms with van der Waals surface area (Å²) in [4.78, 5) is 4.97. The van der Waals surface area contributed by atoms with Gasteiger partial charge in [0.05, 0.1) is 0 Å². The third-order valence-corrected chi connectivity index (χ3v) is 4.20. The topological polar surface area (TPSA) is 32.5 Å². The first-order chi connectivity index (χ1) is 9.06. The largest absolute Gasteiger partial charge is 0.324 e. The fourth-order valence-electron chi connectivity index (χ4n) is 2.79. The van der Waals surface area contributed by atoms with Crippen LogP contribution in [0.4, 0.5) is 0 Å². The molecule has 1 aromatic rings. The van der Waals surface area contributed by atoms with E-state index in [1.165, 1.54) is 24.2 Å². The maximum atomic E-state index is 6.30. The lowest BCUT2D eigenvalue weighted by molar-refractivity contribution is 0.0973. The molecule has 1 aliphatic heterocycles. The van der Waals surface area contributed by atoms with Gasteiger partial charge in [0.2, 0.25) is 0 Å². The van der Waals surface area contributed by atoms with Crippen LogP contribution >= 0.6 is 0 Å². The molecule has 3 nitrogen and oxygen atoms in total. The van der Waals surface area contributed by atoms with E-state index < -0.39 is 0 Å². The van der Waals surface area contributed by atoms with Crippen molar-refractivity contribution in [3.63, 3.8) is 0 Å². The molecule has 1 fully saturated rings. The van der Waals surface area contributed by atoms with Crippen molar-refractivity contribution in [3.05, 3.63) is 35.4 Å².